The van der Waals surface area contributed by atoms with Crippen LogP contribution in [0.3, 0.4) is 0 Å². The molecule has 1 saturated carbocycles. The summed E-state index contributed by atoms with van der Waals surface area (Å²) in [6, 6.07) is -0.484. The minimum absolute atomic E-state index is 0.0365. The standard InChI is InChI=1S/C13H19FN4O5/c1-16-11(10(8-15-16)18(21)22)13(14)6-3-4-9(5-7-13)17(23-2)12(19)20/h8-9H,3-7H2,1-2H3,(H,19,20). The predicted octanol–water partition coefficient (Wildman–Crippen LogP) is 2.37. The van der Waals surface area contributed by atoms with Crippen molar-refractivity contribution in [3.8, 4) is 0 Å². The first-order valence-corrected chi connectivity index (χ1v) is 7.22. The van der Waals surface area contributed by atoms with Crippen LogP contribution in [0.4, 0.5) is 14.9 Å². The summed E-state index contributed by atoms with van der Waals surface area (Å²) in [6.45, 7) is 0. The van der Waals surface area contributed by atoms with Crippen molar-refractivity contribution >= 4 is 11.8 Å². The molecule has 0 saturated heterocycles. The Morgan fingerprint density at radius 1 is 1.61 bits per heavy atom. The van der Waals surface area contributed by atoms with Gasteiger partial charge in [0.25, 0.3) is 0 Å². The molecule has 2 unspecified atom stereocenters. The van der Waals surface area contributed by atoms with Gasteiger partial charge in [0, 0.05) is 7.05 Å². The number of hydroxylamine groups is 2. The third-order valence-corrected chi connectivity index (χ3v) is 4.24. The Balaban J connectivity index is 2.27. The highest BCUT2D eigenvalue weighted by molar-refractivity contribution is 5.64. The van der Waals surface area contributed by atoms with Crippen molar-refractivity contribution in [1.82, 2.24) is 14.8 Å². The first kappa shape index (κ1) is 17.1. The van der Waals surface area contributed by atoms with E-state index in [0.29, 0.717) is 12.8 Å². The van der Waals surface area contributed by atoms with Crippen LogP contribution in [0.1, 0.15) is 37.8 Å². The molecule has 1 amide bonds. The van der Waals surface area contributed by atoms with Crippen LogP contribution in [-0.2, 0) is 17.6 Å². The molecule has 0 bridgehead atoms. The Hall–Kier alpha value is -2.23. The van der Waals surface area contributed by atoms with Crippen LogP contribution in [0.15, 0.2) is 6.20 Å². The predicted molar refractivity (Wildman–Crippen MR) is 76.4 cm³/mol. The van der Waals surface area contributed by atoms with E-state index in [0.717, 1.165) is 11.3 Å². The summed E-state index contributed by atoms with van der Waals surface area (Å²) >= 11 is 0. The monoisotopic (exact) mass is 330 g/mol. The number of aromatic nitrogens is 2. The lowest BCUT2D eigenvalue weighted by molar-refractivity contribution is -0.386. The van der Waals surface area contributed by atoms with Gasteiger partial charge in [-0.1, -0.05) is 0 Å². The van der Waals surface area contributed by atoms with Crippen molar-refractivity contribution < 1.29 is 24.1 Å². The van der Waals surface area contributed by atoms with Gasteiger partial charge in [-0.25, -0.2) is 9.18 Å². The maximum absolute atomic E-state index is 15.4. The third kappa shape index (κ3) is 3.26. The second-order valence-electron chi connectivity index (χ2n) is 5.60. The molecule has 23 heavy (non-hydrogen) atoms. The van der Waals surface area contributed by atoms with Crippen LogP contribution in [0, 0.1) is 10.1 Å². The van der Waals surface area contributed by atoms with Gasteiger partial charge >= 0.3 is 11.8 Å². The molecule has 128 valence electrons. The topological polar surface area (TPSA) is 111 Å². The summed E-state index contributed by atoms with van der Waals surface area (Å²) < 4.78 is 16.6. The number of rotatable bonds is 4. The number of hydrogen-bond donors (Lipinski definition) is 1. The maximum Gasteiger partial charge on any atom is 0.431 e. The lowest BCUT2D eigenvalue weighted by Gasteiger charge is -2.26. The van der Waals surface area contributed by atoms with Crippen molar-refractivity contribution in [2.75, 3.05) is 7.11 Å². The second kappa shape index (κ2) is 6.49. The average Bonchev–Trinajstić information content (AvgIpc) is 2.77. The summed E-state index contributed by atoms with van der Waals surface area (Å²) in [5.74, 6) is 0. The molecule has 2 rings (SSSR count). The Morgan fingerprint density at radius 3 is 2.87 bits per heavy atom. The zero-order chi connectivity index (χ0) is 17.2. The highest BCUT2D eigenvalue weighted by atomic mass is 19.1. The zero-order valence-corrected chi connectivity index (χ0v) is 12.9. The molecule has 0 aromatic carbocycles. The number of carbonyl (C=O) groups is 1. The molecule has 1 aromatic rings. The summed E-state index contributed by atoms with van der Waals surface area (Å²) in [4.78, 5) is 26.4. The molecule has 1 fully saturated rings. The molecule has 2 atom stereocenters. The normalized spacial score (nSPS) is 24.9. The Labute approximate surface area is 131 Å². The molecular weight excluding hydrogens is 311 g/mol. The number of nitro groups is 1. The van der Waals surface area contributed by atoms with Gasteiger partial charge in [-0.15, -0.1) is 0 Å². The SMILES string of the molecule is CON(C(=O)O)C1CCCC(F)(c2c([N+](=O)[O-])cnn2C)CC1. The molecule has 1 heterocycles. The van der Waals surface area contributed by atoms with E-state index in [1.165, 1.54) is 18.8 Å². The molecule has 1 aliphatic carbocycles. The first-order valence-electron chi connectivity index (χ1n) is 7.22. The van der Waals surface area contributed by atoms with E-state index in [4.69, 9.17) is 9.94 Å². The van der Waals surface area contributed by atoms with Crippen molar-refractivity contribution in [2.45, 2.75) is 43.8 Å². The van der Waals surface area contributed by atoms with E-state index in [2.05, 4.69) is 5.10 Å². The molecule has 9 nitrogen and oxygen atoms in total. The molecule has 0 spiro atoms. The zero-order valence-electron chi connectivity index (χ0n) is 12.9. The molecule has 1 aromatic heterocycles. The van der Waals surface area contributed by atoms with Crippen LogP contribution in [0.2, 0.25) is 0 Å². The van der Waals surface area contributed by atoms with E-state index in [-0.39, 0.29) is 30.6 Å². The van der Waals surface area contributed by atoms with Crippen LogP contribution in [0.5, 0.6) is 0 Å². The lowest BCUT2D eigenvalue weighted by atomic mass is 9.91. The van der Waals surface area contributed by atoms with Crippen LogP contribution >= 0.6 is 0 Å². The van der Waals surface area contributed by atoms with Crippen LogP contribution in [0.25, 0.3) is 0 Å². The quantitative estimate of drug-likeness (QED) is 0.515. The minimum atomic E-state index is -1.92. The Bertz CT molecular complexity index is 607. The van der Waals surface area contributed by atoms with E-state index < -0.39 is 22.7 Å². The molecule has 1 N–H and O–H groups in total. The van der Waals surface area contributed by atoms with Gasteiger partial charge in [0.15, 0.2) is 11.4 Å². The number of hydrogen-bond acceptors (Lipinski definition) is 5. The number of aryl methyl sites for hydroxylation is 1. The highest BCUT2D eigenvalue weighted by Gasteiger charge is 2.44. The highest BCUT2D eigenvalue weighted by Crippen LogP contribution is 2.43. The number of alkyl halides is 1. The fraction of sp³-hybridized carbons (Fsp3) is 0.692. The summed E-state index contributed by atoms with van der Waals surface area (Å²) in [7, 11) is 2.71. The van der Waals surface area contributed by atoms with Gasteiger partial charge in [0.05, 0.1) is 18.1 Å². The van der Waals surface area contributed by atoms with Crippen molar-refractivity contribution in [1.29, 1.82) is 0 Å². The Morgan fingerprint density at radius 2 is 2.30 bits per heavy atom. The van der Waals surface area contributed by atoms with Crippen LogP contribution < -0.4 is 0 Å². The largest absolute Gasteiger partial charge is 0.463 e. The number of amides is 1. The van der Waals surface area contributed by atoms with Crippen molar-refractivity contribution in [3.05, 3.63) is 22.0 Å². The van der Waals surface area contributed by atoms with Gasteiger partial charge in [0.2, 0.25) is 0 Å². The van der Waals surface area contributed by atoms with E-state index in [1.54, 1.807) is 0 Å². The first-order chi connectivity index (χ1) is 10.8. The Kier molecular flexibility index (Phi) is 4.83. The van der Waals surface area contributed by atoms with E-state index in [9.17, 15) is 14.9 Å². The van der Waals surface area contributed by atoms with Crippen molar-refractivity contribution in [3.63, 3.8) is 0 Å². The lowest BCUT2D eigenvalue weighted by Crippen LogP contribution is -2.38. The molecule has 10 heteroatoms. The van der Waals surface area contributed by atoms with Gasteiger partial charge in [-0.05, 0) is 32.1 Å². The summed E-state index contributed by atoms with van der Waals surface area (Å²) in [6.07, 6.45) is 0.854. The molecular formula is C13H19FN4O5. The molecule has 0 aliphatic heterocycles. The number of nitrogens with zero attached hydrogens (tertiary/aromatic N) is 4. The van der Waals surface area contributed by atoms with E-state index >= 15 is 4.39 Å². The molecule has 0 radical (unpaired) electrons. The van der Waals surface area contributed by atoms with Gasteiger partial charge in [-0.2, -0.15) is 10.2 Å². The average molecular weight is 330 g/mol. The van der Waals surface area contributed by atoms with E-state index in [1.807, 2.05) is 0 Å². The molecule has 1 aliphatic rings. The van der Waals surface area contributed by atoms with Crippen molar-refractivity contribution in [2.24, 2.45) is 7.05 Å². The van der Waals surface area contributed by atoms with Gasteiger partial charge in [0.1, 0.15) is 6.20 Å². The van der Waals surface area contributed by atoms with Gasteiger partial charge in [-0.3, -0.25) is 19.6 Å². The third-order valence-electron chi connectivity index (χ3n) is 4.24. The smallest absolute Gasteiger partial charge is 0.431 e. The van der Waals surface area contributed by atoms with Crippen LogP contribution in [-0.4, -0.2) is 44.1 Å². The number of carboxylic acid groups (broad SMARTS) is 1. The van der Waals surface area contributed by atoms with Gasteiger partial charge < -0.3 is 5.11 Å². The second-order valence-corrected chi connectivity index (χ2v) is 5.60. The summed E-state index contributed by atoms with van der Waals surface area (Å²) in [5, 5.41) is 24.8. The fourth-order valence-electron chi connectivity index (χ4n) is 3.22. The maximum atomic E-state index is 15.4. The minimum Gasteiger partial charge on any atom is -0.463 e. The fourth-order valence-corrected chi connectivity index (χ4v) is 3.22. The number of halogens is 1. The summed E-state index contributed by atoms with van der Waals surface area (Å²) in [5.41, 5.74) is -2.34.